The zero-order chi connectivity index (χ0) is 32.3. The van der Waals surface area contributed by atoms with Crippen LogP contribution in [0.4, 0.5) is 11.6 Å². The predicted octanol–water partition coefficient (Wildman–Crippen LogP) is 2.72. The molecule has 12 nitrogen and oxygen atoms in total. The zero-order valence-electron chi connectivity index (χ0n) is 24.7. The monoisotopic (exact) mass is 625 g/mol. The fourth-order valence-corrected chi connectivity index (χ4v) is 7.89. The van der Waals surface area contributed by atoms with Gasteiger partial charge in [-0.1, -0.05) is 72.8 Å². The van der Waals surface area contributed by atoms with E-state index < -0.39 is 64.2 Å². The van der Waals surface area contributed by atoms with Gasteiger partial charge in [0, 0.05) is 23.4 Å². The molecule has 1 saturated carbocycles. The first kappa shape index (κ1) is 28.3. The summed E-state index contributed by atoms with van der Waals surface area (Å²) in [7, 11) is 0. The molecule has 12 heteroatoms. The average Bonchev–Trinajstić information content (AvgIpc) is 3.53. The molecule has 2 aliphatic heterocycles. The van der Waals surface area contributed by atoms with Crippen molar-refractivity contribution in [3.05, 3.63) is 133 Å². The van der Waals surface area contributed by atoms with Gasteiger partial charge in [-0.25, -0.2) is 9.97 Å². The summed E-state index contributed by atoms with van der Waals surface area (Å²) < 4.78 is 0. The minimum absolute atomic E-state index is 0.252. The van der Waals surface area contributed by atoms with Gasteiger partial charge in [0.25, 0.3) is 29.5 Å². The lowest BCUT2D eigenvalue weighted by molar-refractivity contribution is -0.143. The number of carbonyl (C=O) groups excluding carboxylic acids is 5. The molecule has 5 amide bonds. The van der Waals surface area contributed by atoms with Crippen molar-refractivity contribution in [1.29, 1.82) is 0 Å². The van der Waals surface area contributed by atoms with Crippen LogP contribution in [0.5, 0.6) is 0 Å². The molecule has 3 aliphatic carbocycles. The van der Waals surface area contributed by atoms with E-state index in [9.17, 15) is 24.0 Å². The molecular weight excluding hydrogens is 598 g/mol. The van der Waals surface area contributed by atoms with E-state index in [4.69, 9.17) is 0 Å². The summed E-state index contributed by atoms with van der Waals surface area (Å²) in [5, 5.41) is 4.82. The number of hydrogen-bond acceptors (Lipinski definition) is 9. The van der Waals surface area contributed by atoms with Gasteiger partial charge in [-0.05, 0) is 42.0 Å². The molecule has 0 spiro atoms. The Morgan fingerprint density at radius 1 is 0.574 bits per heavy atom. The summed E-state index contributed by atoms with van der Waals surface area (Å²) in [5.41, 5.74) is 3.40. The first-order chi connectivity index (χ1) is 22.9. The molecule has 2 aromatic carbocycles. The van der Waals surface area contributed by atoms with Crippen LogP contribution in [-0.4, -0.2) is 55.1 Å². The Balaban J connectivity index is 1.33. The number of imide groups is 2. The van der Waals surface area contributed by atoms with Crippen LogP contribution in [0.3, 0.4) is 0 Å². The summed E-state index contributed by atoms with van der Waals surface area (Å²) in [6, 6.07) is 27.4. The molecule has 6 atom stereocenters. The fourth-order valence-electron chi connectivity index (χ4n) is 7.89. The zero-order valence-corrected chi connectivity index (χ0v) is 24.7. The largest absolute Gasteiger partial charge is 0.341 e. The number of hydrogen-bond donors (Lipinski definition) is 3. The van der Waals surface area contributed by atoms with E-state index in [-0.39, 0.29) is 17.2 Å². The van der Waals surface area contributed by atoms with Gasteiger partial charge < -0.3 is 5.32 Å². The van der Waals surface area contributed by atoms with Gasteiger partial charge >= 0.3 is 0 Å². The minimum Gasteiger partial charge on any atom is -0.341 e. The molecule has 4 heterocycles. The van der Waals surface area contributed by atoms with E-state index in [2.05, 4.69) is 26.1 Å². The maximum atomic E-state index is 14.6. The molecule has 3 fully saturated rings. The van der Waals surface area contributed by atoms with Crippen LogP contribution in [0.15, 0.2) is 122 Å². The van der Waals surface area contributed by atoms with Crippen LogP contribution < -0.4 is 16.2 Å². The molecular formula is C35H27N7O5. The Morgan fingerprint density at radius 3 is 1.53 bits per heavy atom. The van der Waals surface area contributed by atoms with E-state index in [1.165, 1.54) is 12.4 Å². The average molecular weight is 626 g/mol. The maximum absolute atomic E-state index is 14.6. The third-order valence-electron chi connectivity index (χ3n) is 9.73. The van der Waals surface area contributed by atoms with E-state index in [1.54, 1.807) is 103 Å². The van der Waals surface area contributed by atoms with Crippen LogP contribution >= 0.6 is 0 Å². The highest BCUT2D eigenvalue weighted by Gasteiger charge is 2.80. The van der Waals surface area contributed by atoms with Crippen molar-refractivity contribution in [2.75, 3.05) is 10.9 Å². The van der Waals surface area contributed by atoms with Crippen LogP contribution in [0, 0.1) is 23.7 Å². The Kier molecular flexibility index (Phi) is 6.29. The number of carbonyl (C=O) groups is 5. The molecule has 9 rings (SSSR count). The lowest BCUT2D eigenvalue weighted by Gasteiger charge is -2.59. The standard InChI is InChI=1S/C35H27N7O5/c43-29(21-11-3-1-4-12-21)38-35-18-17-34(22-13-5-2-6-14-22,25-27(35)32(46)41(30(25)44)39-23-15-7-9-19-36-23)26-28(35)33(47)42(31(26)45)40-24-16-8-10-20-37-24/h1-20,25-28H,(H,36,39)(H,37,40)(H,38,43)/t25-,26+,27+,28-,34?,35?. The second-order valence-electron chi connectivity index (χ2n) is 12.0. The summed E-state index contributed by atoms with van der Waals surface area (Å²) in [6.45, 7) is 0. The van der Waals surface area contributed by atoms with E-state index in [1.807, 2.05) is 6.07 Å². The van der Waals surface area contributed by atoms with Crippen LogP contribution in [0.25, 0.3) is 0 Å². The predicted molar refractivity (Wildman–Crippen MR) is 167 cm³/mol. The maximum Gasteiger partial charge on any atom is 0.254 e. The van der Waals surface area contributed by atoms with Crippen LogP contribution in [-0.2, 0) is 24.6 Å². The van der Waals surface area contributed by atoms with Crippen LogP contribution in [0.2, 0.25) is 0 Å². The summed E-state index contributed by atoms with van der Waals surface area (Å²) in [6.07, 6.45) is 6.42. The smallest absolute Gasteiger partial charge is 0.254 e. The second kappa shape index (κ2) is 10.4. The van der Waals surface area contributed by atoms with Gasteiger partial charge in [0.05, 0.1) is 29.2 Å². The molecule has 2 bridgehead atoms. The summed E-state index contributed by atoms with van der Waals surface area (Å²) in [4.78, 5) is 80.7. The Bertz CT molecular complexity index is 1870. The van der Waals surface area contributed by atoms with Crippen molar-refractivity contribution in [2.45, 2.75) is 11.0 Å². The molecule has 2 saturated heterocycles. The Morgan fingerprint density at radius 2 is 1.04 bits per heavy atom. The third-order valence-corrected chi connectivity index (χ3v) is 9.73. The number of rotatable bonds is 7. The molecule has 2 aromatic heterocycles. The Hall–Kier alpha value is -6.17. The molecule has 47 heavy (non-hydrogen) atoms. The first-order valence-corrected chi connectivity index (χ1v) is 15.1. The lowest BCUT2D eigenvalue weighted by Crippen LogP contribution is -2.73. The van der Waals surface area contributed by atoms with E-state index >= 15 is 0 Å². The van der Waals surface area contributed by atoms with E-state index in [0.29, 0.717) is 5.56 Å². The molecule has 3 N–H and O–H groups in total. The SMILES string of the molecule is O=C(NC12C=CC(c3ccccc3)([C@@H]3C(=O)N(Nc4ccccn4)C(=O)[C@@H]31)[C@H]1C(=O)N(Nc3ccccn3)C(=O)[C@H]12)c1ccccc1. The van der Waals surface area contributed by atoms with Crippen molar-refractivity contribution in [1.82, 2.24) is 25.3 Å². The quantitative estimate of drug-likeness (QED) is 0.208. The number of nitrogens with zero attached hydrogens (tertiary/aromatic N) is 4. The summed E-state index contributed by atoms with van der Waals surface area (Å²) >= 11 is 0. The number of amides is 5. The van der Waals surface area contributed by atoms with Gasteiger partial charge in [0.2, 0.25) is 0 Å². The van der Waals surface area contributed by atoms with Gasteiger partial charge in [0.15, 0.2) is 0 Å². The number of hydrazine groups is 2. The van der Waals surface area contributed by atoms with Gasteiger partial charge in [-0.15, -0.1) is 0 Å². The lowest BCUT2D eigenvalue weighted by atomic mass is 9.42. The van der Waals surface area contributed by atoms with Crippen molar-refractivity contribution < 1.29 is 24.0 Å². The third kappa shape index (κ3) is 3.97. The highest BCUT2D eigenvalue weighted by molar-refractivity contribution is 6.15. The highest BCUT2D eigenvalue weighted by atomic mass is 16.2. The minimum atomic E-state index is -1.75. The molecule has 232 valence electrons. The van der Waals surface area contributed by atoms with Crippen molar-refractivity contribution in [3.8, 4) is 0 Å². The molecule has 0 radical (unpaired) electrons. The molecule has 5 aliphatic rings. The number of aromatic nitrogens is 2. The molecule has 2 unspecified atom stereocenters. The van der Waals surface area contributed by atoms with Crippen molar-refractivity contribution in [2.24, 2.45) is 23.7 Å². The van der Waals surface area contributed by atoms with Gasteiger partial charge in [-0.3, -0.25) is 34.8 Å². The summed E-state index contributed by atoms with van der Waals surface area (Å²) in [5.74, 6) is -7.41. The first-order valence-electron chi connectivity index (χ1n) is 15.1. The van der Waals surface area contributed by atoms with Crippen molar-refractivity contribution in [3.63, 3.8) is 0 Å². The number of nitrogens with one attached hydrogen (secondary N) is 3. The van der Waals surface area contributed by atoms with Crippen molar-refractivity contribution >= 4 is 41.2 Å². The number of benzene rings is 2. The number of pyridine rings is 2. The second-order valence-corrected chi connectivity index (χ2v) is 12.0. The molecule has 4 aromatic rings. The highest BCUT2D eigenvalue weighted by Crippen LogP contribution is 2.66. The number of allylic oxidation sites excluding steroid dienone is 1. The van der Waals surface area contributed by atoms with Gasteiger partial charge in [-0.2, -0.15) is 10.0 Å². The Labute approximate surface area is 268 Å². The van der Waals surface area contributed by atoms with Gasteiger partial charge in [0.1, 0.15) is 11.6 Å². The fraction of sp³-hybridized carbons (Fsp3) is 0.171. The van der Waals surface area contributed by atoms with Crippen LogP contribution in [0.1, 0.15) is 15.9 Å². The van der Waals surface area contributed by atoms with E-state index in [0.717, 1.165) is 10.0 Å². The normalized spacial score (nSPS) is 28.7. The topological polar surface area (TPSA) is 154 Å². The number of anilines is 2.